The first-order valence-electron chi connectivity index (χ1n) is 33.6. The Morgan fingerprint density at radius 3 is 1.09 bits per heavy atom. The second kappa shape index (κ2) is 25.0. The second-order valence-electron chi connectivity index (χ2n) is 25.0. The summed E-state index contributed by atoms with van der Waals surface area (Å²) < 4.78 is 10.9. The molecule has 0 aliphatic heterocycles. The first-order valence-corrected chi connectivity index (χ1v) is 33.6. The van der Waals surface area contributed by atoms with Crippen LogP contribution in [0.2, 0.25) is 0 Å². The molecule has 0 N–H and O–H groups in total. The zero-order valence-corrected chi connectivity index (χ0v) is 54.3. The number of aromatic nitrogens is 11. The number of rotatable bonds is 10. The second-order valence-corrected chi connectivity index (χ2v) is 25.0. The van der Waals surface area contributed by atoms with Crippen LogP contribution in [0.4, 0.5) is 0 Å². The van der Waals surface area contributed by atoms with Gasteiger partial charge in [-0.1, -0.05) is 249 Å². The van der Waals surface area contributed by atoms with Crippen molar-refractivity contribution in [1.82, 2.24) is 55.5 Å². The number of benzene rings is 11. The van der Waals surface area contributed by atoms with Crippen LogP contribution in [-0.2, 0) is 0 Å². The van der Waals surface area contributed by atoms with Crippen LogP contribution in [0.15, 0.2) is 331 Å². The van der Waals surface area contributed by atoms with E-state index in [1.807, 2.05) is 127 Å². The molecule has 0 bridgehead atoms. The number of pyridine rings is 7. The lowest BCUT2D eigenvalue weighted by atomic mass is 9.92. The fourth-order valence-electron chi connectivity index (χ4n) is 14.1. The predicted molar refractivity (Wildman–Crippen MR) is 408 cm³/mol. The van der Waals surface area contributed by atoms with Gasteiger partial charge in [-0.25, -0.2) is 34.2 Å². The molecule has 0 saturated heterocycles. The summed E-state index contributed by atoms with van der Waals surface area (Å²) in [5.74, 6) is 0. The van der Waals surface area contributed by atoms with Crippen molar-refractivity contribution in [1.29, 1.82) is 0 Å². The number of para-hydroxylation sites is 2. The molecule has 20 rings (SSSR count). The Labute approximate surface area is 582 Å². The average Bonchev–Trinajstić information content (AvgIpc) is 1.26. The Morgan fingerprint density at radius 2 is 0.598 bits per heavy atom. The van der Waals surface area contributed by atoms with Crippen molar-refractivity contribution in [2.24, 2.45) is 0 Å². The van der Waals surface area contributed by atoms with Gasteiger partial charge in [0.2, 0.25) is 0 Å². The van der Waals surface area contributed by atoms with E-state index in [0.29, 0.717) is 16.6 Å². The third kappa shape index (κ3) is 10.5. The minimum atomic E-state index is 0.702. The summed E-state index contributed by atoms with van der Waals surface area (Å²) in [5, 5.41) is 25.7. The Hall–Kier alpha value is -14.2. The standard InChI is InChI=1S/C46H28N6O.C43H25N5O/c1-3-12-30(13-4-1)36-28-37-42(46-45(36)51-53-52-46)35-17-11-16-34(44(35)50-43(37)32-14-5-2-6-15-32)31-22-20-29(21-23-31)33-26-40(38-18-7-9-24-47-38)49-41(27-33)39-19-8-10-25-48-39;1-4-11-26(12-5-1)33-25-34-37(43-42(33)47-49-48-43)32-18-10-17-31(41(32)46-38(34)28-15-8-3-9-16-28)36-24-22-30-20-19-29-21-23-35(27-13-6-2-7-14-27)44-39(29)40(30)45-36/h1-28H;1-25H. The minimum Gasteiger partial charge on any atom is -0.255 e. The molecule has 476 valence electrons. The van der Waals surface area contributed by atoms with Crippen LogP contribution in [0.3, 0.4) is 0 Å². The van der Waals surface area contributed by atoms with Gasteiger partial charge < -0.3 is 0 Å². The SMILES string of the molecule is c1ccc(-c2ccc3ccc4ccc(-c5cccc6c5nc(-c5ccccc5)c5cc(-c7ccccc7)c7nonc7c56)nc4c3n2)cc1.c1ccc(-c2nc3c(-c4ccc(-c5cc(-c6ccccn6)nc(-c6ccccn6)c5)cc4)cccc3c3c2cc(-c2ccccc2)c2nonc23)cc1. The molecule has 102 heavy (non-hydrogen) atoms. The predicted octanol–water partition coefficient (Wildman–Crippen LogP) is 21.8. The van der Waals surface area contributed by atoms with Crippen molar-refractivity contribution >= 4 is 87.2 Å². The van der Waals surface area contributed by atoms with E-state index >= 15 is 0 Å². The van der Waals surface area contributed by atoms with E-state index in [4.69, 9.17) is 34.2 Å². The molecule has 0 atom stereocenters. The molecule has 13 heteroatoms. The molecule has 0 radical (unpaired) electrons. The van der Waals surface area contributed by atoms with Crippen molar-refractivity contribution in [2.75, 3.05) is 0 Å². The molecule has 0 fully saturated rings. The van der Waals surface area contributed by atoms with E-state index < -0.39 is 0 Å². The first-order chi connectivity index (χ1) is 50.6. The van der Waals surface area contributed by atoms with Crippen LogP contribution in [0, 0.1) is 0 Å². The number of hydrogen-bond donors (Lipinski definition) is 0. The maximum Gasteiger partial charge on any atom is 0.144 e. The fourth-order valence-corrected chi connectivity index (χ4v) is 14.1. The van der Waals surface area contributed by atoms with Gasteiger partial charge in [-0.05, 0) is 109 Å². The van der Waals surface area contributed by atoms with Crippen LogP contribution >= 0.6 is 0 Å². The van der Waals surface area contributed by atoms with Gasteiger partial charge in [-0.3, -0.25) is 9.97 Å². The zero-order chi connectivity index (χ0) is 67.5. The minimum absolute atomic E-state index is 0.702. The molecule has 20 aromatic rings. The summed E-state index contributed by atoms with van der Waals surface area (Å²) >= 11 is 0. The first kappa shape index (κ1) is 59.1. The van der Waals surface area contributed by atoms with Crippen molar-refractivity contribution in [3.05, 3.63) is 322 Å². The molecule has 9 heterocycles. The number of nitrogens with zero attached hydrogens (tertiary/aromatic N) is 11. The van der Waals surface area contributed by atoms with Gasteiger partial charge in [0.15, 0.2) is 0 Å². The maximum atomic E-state index is 5.45. The third-order valence-corrected chi connectivity index (χ3v) is 19.0. The normalized spacial score (nSPS) is 11.5. The Morgan fingerprint density at radius 1 is 0.196 bits per heavy atom. The molecule has 0 aliphatic carbocycles. The molecular weight excluding hydrogens is 1260 g/mol. The van der Waals surface area contributed by atoms with E-state index in [2.05, 4.69) is 213 Å². The van der Waals surface area contributed by atoms with Gasteiger partial charge in [-0.15, -0.1) is 0 Å². The summed E-state index contributed by atoms with van der Waals surface area (Å²) in [5.41, 5.74) is 25.1. The molecule has 9 aromatic heterocycles. The van der Waals surface area contributed by atoms with Gasteiger partial charge in [-0.2, -0.15) is 0 Å². The summed E-state index contributed by atoms with van der Waals surface area (Å²) in [6.45, 7) is 0. The smallest absolute Gasteiger partial charge is 0.144 e. The Balaban J connectivity index is 0.000000142. The molecule has 0 saturated carbocycles. The van der Waals surface area contributed by atoms with Gasteiger partial charge in [0, 0.05) is 94.4 Å². The van der Waals surface area contributed by atoms with Gasteiger partial charge >= 0.3 is 0 Å². The topological polar surface area (TPSA) is 168 Å². The molecule has 0 spiro atoms. The monoisotopic (exact) mass is 1310 g/mol. The van der Waals surface area contributed by atoms with Crippen molar-refractivity contribution in [3.8, 4) is 112 Å². The van der Waals surface area contributed by atoms with Crippen LogP contribution < -0.4 is 0 Å². The van der Waals surface area contributed by atoms with Crippen LogP contribution in [-0.4, -0.2) is 55.5 Å². The van der Waals surface area contributed by atoms with Crippen molar-refractivity contribution in [2.45, 2.75) is 0 Å². The molecule has 13 nitrogen and oxygen atoms in total. The zero-order valence-electron chi connectivity index (χ0n) is 54.3. The maximum absolute atomic E-state index is 5.45. The number of fused-ring (bicyclic) bond motifs is 13. The van der Waals surface area contributed by atoms with E-state index in [-0.39, 0.29) is 0 Å². The van der Waals surface area contributed by atoms with Crippen molar-refractivity contribution in [3.63, 3.8) is 0 Å². The highest BCUT2D eigenvalue weighted by molar-refractivity contribution is 6.26. The fraction of sp³-hybridized carbons (Fsp3) is 0. The van der Waals surface area contributed by atoms with Gasteiger partial charge in [0.1, 0.15) is 22.1 Å². The summed E-state index contributed by atoms with van der Waals surface area (Å²) in [6, 6.07) is 105. The highest BCUT2D eigenvalue weighted by atomic mass is 16.6. The average molecular weight is 1310 g/mol. The van der Waals surface area contributed by atoms with Crippen LogP contribution in [0.5, 0.6) is 0 Å². The highest BCUT2D eigenvalue weighted by Crippen LogP contribution is 2.46. The Bertz CT molecular complexity index is 6530. The largest absolute Gasteiger partial charge is 0.255 e. The van der Waals surface area contributed by atoms with E-state index in [1.165, 1.54) is 0 Å². The summed E-state index contributed by atoms with van der Waals surface area (Å²) in [7, 11) is 0. The Kier molecular flexibility index (Phi) is 14.5. The van der Waals surface area contributed by atoms with E-state index in [0.717, 1.165) is 183 Å². The van der Waals surface area contributed by atoms with Crippen molar-refractivity contribution < 1.29 is 9.26 Å². The lowest BCUT2D eigenvalue weighted by Crippen LogP contribution is -1.96. The molecule has 0 unspecified atom stereocenters. The lowest BCUT2D eigenvalue weighted by Gasteiger charge is -2.15. The molecule has 0 amide bonds. The summed E-state index contributed by atoms with van der Waals surface area (Å²) in [6.07, 6.45) is 3.58. The van der Waals surface area contributed by atoms with Gasteiger partial charge in [0.05, 0.1) is 67.6 Å². The van der Waals surface area contributed by atoms with E-state index in [1.54, 1.807) is 12.4 Å². The van der Waals surface area contributed by atoms with Crippen LogP contribution in [0.25, 0.3) is 200 Å². The van der Waals surface area contributed by atoms with E-state index in [9.17, 15) is 0 Å². The van der Waals surface area contributed by atoms with Gasteiger partial charge in [0.25, 0.3) is 0 Å². The molecule has 11 aromatic carbocycles. The highest BCUT2D eigenvalue weighted by Gasteiger charge is 2.25. The third-order valence-electron chi connectivity index (χ3n) is 19.0. The number of hydrogen-bond acceptors (Lipinski definition) is 13. The van der Waals surface area contributed by atoms with Crippen LogP contribution in [0.1, 0.15) is 0 Å². The molecular formula is C89H53N11O2. The quantitative estimate of drug-likeness (QED) is 0.119. The lowest BCUT2D eigenvalue weighted by molar-refractivity contribution is 0.316. The summed E-state index contributed by atoms with van der Waals surface area (Å²) in [4.78, 5) is 35.4. The molecule has 0 aliphatic rings.